The summed E-state index contributed by atoms with van der Waals surface area (Å²) in [5.41, 5.74) is 0.663. The van der Waals surface area contributed by atoms with E-state index in [1.54, 1.807) is 12.1 Å². The van der Waals surface area contributed by atoms with Crippen LogP contribution in [0, 0.1) is 0 Å². The number of amides is 4. The van der Waals surface area contributed by atoms with E-state index < -0.39 is 0 Å². The molecule has 0 aliphatic carbocycles. The van der Waals surface area contributed by atoms with Crippen molar-refractivity contribution in [1.82, 2.24) is 15.1 Å². The topological polar surface area (TPSA) is 81.8 Å². The molecule has 1 fully saturated rings. The molecule has 1 aliphatic rings. The summed E-state index contributed by atoms with van der Waals surface area (Å²) in [6, 6.07) is 6.97. The summed E-state index contributed by atoms with van der Waals surface area (Å²) in [4.78, 5) is 39.3. The van der Waals surface area contributed by atoms with Crippen molar-refractivity contribution in [3.05, 3.63) is 28.7 Å². The van der Waals surface area contributed by atoms with Crippen LogP contribution in [0.3, 0.4) is 0 Å². The van der Waals surface area contributed by atoms with Crippen LogP contribution in [0.25, 0.3) is 0 Å². The number of carbonyl (C=O) groups excluding carboxylic acids is 3. The Balaban J connectivity index is 1.84. The summed E-state index contributed by atoms with van der Waals surface area (Å²) in [5, 5.41) is 5.60. The van der Waals surface area contributed by atoms with Crippen LogP contribution in [0.15, 0.2) is 28.7 Å². The molecule has 7 nitrogen and oxygen atoms in total. The Morgan fingerprint density at radius 3 is 2.52 bits per heavy atom. The van der Waals surface area contributed by atoms with E-state index in [0.717, 1.165) is 10.9 Å². The Morgan fingerprint density at radius 2 is 1.92 bits per heavy atom. The van der Waals surface area contributed by atoms with Crippen molar-refractivity contribution < 1.29 is 14.4 Å². The van der Waals surface area contributed by atoms with Crippen molar-refractivity contribution in [3.63, 3.8) is 0 Å². The van der Waals surface area contributed by atoms with Crippen molar-refractivity contribution >= 4 is 39.5 Å². The van der Waals surface area contributed by atoms with Crippen molar-refractivity contribution in [2.24, 2.45) is 0 Å². The Hall–Kier alpha value is -2.09. The van der Waals surface area contributed by atoms with E-state index in [0.29, 0.717) is 18.8 Å². The van der Waals surface area contributed by atoms with E-state index in [-0.39, 0.29) is 37.0 Å². The zero-order valence-electron chi connectivity index (χ0n) is 14.4. The van der Waals surface area contributed by atoms with Crippen LogP contribution in [0.1, 0.15) is 20.3 Å². The van der Waals surface area contributed by atoms with Crippen molar-refractivity contribution in [1.29, 1.82) is 0 Å². The summed E-state index contributed by atoms with van der Waals surface area (Å²) in [7, 11) is 0. The molecule has 4 amide bonds. The minimum absolute atomic E-state index is 0.0288. The van der Waals surface area contributed by atoms with Gasteiger partial charge in [0.1, 0.15) is 6.54 Å². The molecule has 1 aromatic carbocycles. The second-order valence-corrected chi connectivity index (χ2v) is 6.97. The first-order valence-electron chi connectivity index (χ1n) is 8.27. The third-order valence-corrected chi connectivity index (χ3v) is 4.58. The van der Waals surface area contributed by atoms with Crippen molar-refractivity contribution in [3.8, 4) is 0 Å². The standard InChI is InChI=1S/C17H23BrN4O3/c1-3-12(2)19-15(23)10-21-8-9-22(11-16(21)24)17(25)20-14-6-4-13(18)5-7-14/h4-7,12H,3,8-11H2,1-2H3,(H,19,23)(H,20,25)/t12-/m1/s1. The molecular weight excluding hydrogens is 388 g/mol. The number of urea groups is 1. The van der Waals surface area contributed by atoms with Crippen molar-refractivity contribution in [2.75, 3.05) is 31.5 Å². The van der Waals surface area contributed by atoms with Gasteiger partial charge in [0.2, 0.25) is 11.8 Å². The Morgan fingerprint density at radius 1 is 1.24 bits per heavy atom. The number of hydrogen-bond donors (Lipinski definition) is 2. The van der Waals surface area contributed by atoms with Crippen LogP contribution in [0.2, 0.25) is 0 Å². The highest BCUT2D eigenvalue weighted by Crippen LogP contribution is 2.15. The smallest absolute Gasteiger partial charge is 0.322 e. The van der Waals surface area contributed by atoms with E-state index in [1.165, 1.54) is 9.80 Å². The molecule has 136 valence electrons. The maximum Gasteiger partial charge on any atom is 0.322 e. The number of halogens is 1. The highest BCUT2D eigenvalue weighted by atomic mass is 79.9. The van der Waals surface area contributed by atoms with Crippen LogP contribution in [0.4, 0.5) is 10.5 Å². The summed E-state index contributed by atoms with van der Waals surface area (Å²) in [6.07, 6.45) is 0.837. The summed E-state index contributed by atoms with van der Waals surface area (Å²) < 4.78 is 0.921. The number of hydrogen-bond acceptors (Lipinski definition) is 3. The number of rotatable bonds is 5. The zero-order valence-corrected chi connectivity index (χ0v) is 16.0. The molecule has 1 saturated heterocycles. The van der Waals surface area contributed by atoms with Crippen LogP contribution in [-0.4, -0.2) is 59.9 Å². The molecule has 1 aliphatic heterocycles. The lowest BCUT2D eigenvalue weighted by Gasteiger charge is -2.34. The zero-order chi connectivity index (χ0) is 18.4. The molecule has 8 heteroatoms. The van der Waals surface area contributed by atoms with E-state index in [4.69, 9.17) is 0 Å². The molecular formula is C17H23BrN4O3. The Kier molecular flexibility index (Phi) is 6.81. The van der Waals surface area contributed by atoms with Crippen LogP contribution in [0.5, 0.6) is 0 Å². The normalized spacial score (nSPS) is 15.7. The van der Waals surface area contributed by atoms with Gasteiger partial charge in [0, 0.05) is 29.3 Å². The van der Waals surface area contributed by atoms with Gasteiger partial charge in [0.05, 0.1) is 6.54 Å². The maximum absolute atomic E-state index is 12.3. The Labute approximate surface area is 155 Å². The minimum Gasteiger partial charge on any atom is -0.352 e. The van der Waals surface area contributed by atoms with E-state index >= 15 is 0 Å². The molecule has 0 aromatic heterocycles. The monoisotopic (exact) mass is 410 g/mol. The van der Waals surface area contributed by atoms with Crippen molar-refractivity contribution in [2.45, 2.75) is 26.3 Å². The van der Waals surface area contributed by atoms with Gasteiger partial charge in [0.25, 0.3) is 0 Å². The lowest BCUT2D eigenvalue weighted by atomic mass is 10.2. The largest absolute Gasteiger partial charge is 0.352 e. The predicted octanol–water partition coefficient (Wildman–Crippen LogP) is 2.04. The number of nitrogens with one attached hydrogen (secondary N) is 2. The van der Waals surface area contributed by atoms with E-state index in [2.05, 4.69) is 26.6 Å². The number of carbonyl (C=O) groups is 3. The molecule has 0 radical (unpaired) electrons. The fourth-order valence-corrected chi connectivity index (χ4v) is 2.64. The summed E-state index contributed by atoms with van der Waals surface area (Å²) in [6.45, 7) is 4.65. The minimum atomic E-state index is -0.320. The SMILES string of the molecule is CC[C@@H](C)NC(=O)CN1CCN(C(=O)Nc2ccc(Br)cc2)CC1=O. The molecule has 2 rings (SSSR count). The van der Waals surface area contributed by atoms with Gasteiger partial charge in [0.15, 0.2) is 0 Å². The third-order valence-electron chi connectivity index (χ3n) is 4.06. The summed E-state index contributed by atoms with van der Waals surface area (Å²) >= 11 is 3.34. The number of benzene rings is 1. The first kappa shape index (κ1) is 19.2. The van der Waals surface area contributed by atoms with Gasteiger partial charge in [-0.1, -0.05) is 22.9 Å². The summed E-state index contributed by atoms with van der Waals surface area (Å²) in [5.74, 6) is -0.396. The van der Waals surface area contributed by atoms with Gasteiger partial charge < -0.3 is 20.4 Å². The first-order valence-corrected chi connectivity index (χ1v) is 9.07. The van der Waals surface area contributed by atoms with Crippen LogP contribution >= 0.6 is 15.9 Å². The fourth-order valence-electron chi connectivity index (χ4n) is 2.38. The van der Waals surface area contributed by atoms with Crippen LogP contribution in [-0.2, 0) is 9.59 Å². The second-order valence-electron chi connectivity index (χ2n) is 6.05. The van der Waals surface area contributed by atoms with Gasteiger partial charge in [-0.25, -0.2) is 4.79 Å². The van der Waals surface area contributed by atoms with Gasteiger partial charge in [-0.15, -0.1) is 0 Å². The predicted molar refractivity (Wildman–Crippen MR) is 99.2 cm³/mol. The molecule has 0 spiro atoms. The quantitative estimate of drug-likeness (QED) is 0.778. The molecule has 25 heavy (non-hydrogen) atoms. The highest BCUT2D eigenvalue weighted by Gasteiger charge is 2.28. The fraction of sp³-hybridized carbons (Fsp3) is 0.471. The van der Waals surface area contributed by atoms with Crippen LogP contribution < -0.4 is 10.6 Å². The molecule has 0 saturated carbocycles. The van der Waals surface area contributed by atoms with E-state index in [9.17, 15) is 14.4 Å². The lowest BCUT2D eigenvalue weighted by molar-refractivity contribution is -0.139. The maximum atomic E-state index is 12.3. The number of anilines is 1. The molecule has 1 atom stereocenters. The average molecular weight is 411 g/mol. The van der Waals surface area contributed by atoms with Gasteiger partial charge in [-0.2, -0.15) is 0 Å². The average Bonchev–Trinajstić information content (AvgIpc) is 2.58. The highest BCUT2D eigenvalue weighted by molar-refractivity contribution is 9.10. The first-order chi connectivity index (χ1) is 11.9. The molecule has 1 heterocycles. The van der Waals surface area contributed by atoms with Gasteiger partial charge >= 0.3 is 6.03 Å². The third kappa shape index (κ3) is 5.74. The lowest BCUT2D eigenvalue weighted by Crippen LogP contribution is -2.55. The molecule has 0 unspecified atom stereocenters. The number of nitrogens with zero attached hydrogens (tertiary/aromatic N) is 2. The van der Waals surface area contributed by atoms with E-state index in [1.807, 2.05) is 26.0 Å². The molecule has 0 bridgehead atoms. The van der Waals surface area contributed by atoms with Gasteiger partial charge in [-0.05, 0) is 37.6 Å². The molecule has 2 N–H and O–H groups in total. The molecule has 1 aromatic rings. The Bertz CT molecular complexity index is 635. The number of piperazine rings is 1. The second kappa shape index (κ2) is 8.84. The van der Waals surface area contributed by atoms with Gasteiger partial charge in [-0.3, -0.25) is 9.59 Å².